The zero-order chi connectivity index (χ0) is 16.9. The number of carbonyl (C=O) groups is 2. The van der Waals surface area contributed by atoms with Crippen molar-refractivity contribution < 1.29 is 18.7 Å². The molecular formula is C15H19BrFNO3S. The Kier molecular flexibility index (Phi) is 7.35. The van der Waals surface area contributed by atoms with E-state index in [1.54, 1.807) is 27.7 Å². The van der Waals surface area contributed by atoms with Crippen molar-refractivity contribution >= 4 is 45.3 Å². The number of nitrogens with one attached hydrogen (secondary N) is 1. The van der Waals surface area contributed by atoms with Crippen LogP contribution in [-0.2, 0) is 14.3 Å². The molecule has 0 saturated carbocycles. The molecule has 7 heteroatoms. The van der Waals surface area contributed by atoms with E-state index < -0.39 is 11.1 Å². The largest absolute Gasteiger partial charge is 0.462 e. The van der Waals surface area contributed by atoms with Crippen molar-refractivity contribution in [2.75, 3.05) is 5.32 Å². The van der Waals surface area contributed by atoms with E-state index in [2.05, 4.69) is 21.2 Å². The predicted molar refractivity (Wildman–Crippen MR) is 89.6 cm³/mol. The number of anilines is 1. The SMILES string of the molecule is CCC(=O)Nc1cc(SC(C)C(=O)OC(C)C)c(Br)cc1F. The fourth-order valence-electron chi connectivity index (χ4n) is 1.52. The van der Waals surface area contributed by atoms with E-state index in [4.69, 9.17) is 4.74 Å². The number of hydrogen-bond acceptors (Lipinski definition) is 4. The van der Waals surface area contributed by atoms with Gasteiger partial charge in [-0.1, -0.05) is 6.92 Å². The van der Waals surface area contributed by atoms with Crippen molar-refractivity contribution in [2.45, 2.75) is 50.4 Å². The summed E-state index contributed by atoms with van der Waals surface area (Å²) in [7, 11) is 0. The molecule has 0 aliphatic heterocycles. The minimum absolute atomic E-state index is 0.0991. The van der Waals surface area contributed by atoms with Crippen molar-refractivity contribution in [3.63, 3.8) is 0 Å². The van der Waals surface area contributed by atoms with Gasteiger partial charge in [-0.15, -0.1) is 11.8 Å². The molecule has 0 saturated heterocycles. The molecule has 1 atom stereocenters. The maximum atomic E-state index is 13.8. The van der Waals surface area contributed by atoms with Gasteiger partial charge in [0.15, 0.2) is 0 Å². The molecule has 0 aromatic heterocycles. The van der Waals surface area contributed by atoms with Crippen molar-refractivity contribution in [1.82, 2.24) is 0 Å². The Labute approximate surface area is 142 Å². The molecule has 0 aliphatic carbocycles. The smallest absolute Gasteiger partial charge is 0.319 e. The summed E-state index contributed by atoms with van der Waals surface area (Å²) in [6.07, 6.45) is 0.0707. The molecule has 4 nitrogen and oxygen atoms in total. The van der Waals surface area contributed by atoms with Gasteiger partial charge < -0.3 is 10.1 Å². The topological polar surface area (TPSA) is 55.4 Å². The van der Waals surface area contributed by atoms with Crippen LogP contribution in [0.15, 0.2) is 21.5 Å². The van der Waals surface area contributed by atoms with Gasteiger partial charge in [0.1, 0.15) is 11.1 Å². The fourth-order valence-corrected chi connectivity index (χ4v) is 3.01. The van der Waals surface area contributed by atoms with Gasteiger partial charge in [-0.2, -0.15) is 0 Å². The average Bonchev–Trinajstić information content (AvgIpc) is 2.42. The second-order valence-electron chi connectivity index (χ2n) is 4.91. The normalized spacial score (nSPS) is 12.1. The summed E-state index contributed by atoms with van der Waals surface area (Å²) in [5.41, 5.74) is 0.0991. The van der Waals surface area contributed by atoms with Crippen LogP contribution in [0.2, 0.25) is 0 Å². The summed E-state index contributed by atoms with van der Waals surface area (Å²) in [6.45, 7) is 6.96. The van der Waals surface area contributed by atoms with Gasteiger partial charge in [-0.25, -0.2) is 4.39 Å². The minimum atomic E-state index is -0.532. The first-order valence-corrected chi connectivity index (χ1v) is 8.57. The highest BCUT2D eigenvalue weighted by Crippen LogP contribution is 2.35. The summed E-state index contributed by atoms with van der Waals surface area (Å²) in [4.78, 5) is 23.9. The third-order valence-electron chi connectivity index (χ3n) is 2.60. The second-order valence-corrected chi connectivity index (χ2v) is 7.15. The van der Waals surface area contributed by atoms with E-state index in [9.17, 15) is 14.0 Å². The molecule has 1 N–H and O–H groups in total. The van der Waals surface area contributed by atoms with Gasteiger partial charge in [0.25, 0.3) is 0 Å². The van der Waals surface area contributed by atoms with E-state index >= 15 is 0 Å². The van der Waals surface area contributed by atoms with Crippen LogP contribution in [0.5, 0.6) is 0 Å². The zero-order valence-corrected chi connectivity index (χ0v) is 15.3. The summed E-state index contributed by atoms with van der Waals surface area (Å²) < 4.78 is 19.5. The quantitative estimate of drug-likeness (QED) is 0.577. The monoisotopic (exact) mass is 391 g/mol. The number of carbonyl (C=O) groups excluding carboxylic acids is 2. The molecule has 1 amide bonds. The molecule has 1 aromatic carbocycles. The molecule has 0 spiro atoms. The summed E-state index contributed by atoms with van der Waals surface area (Å²) in [5, 5.41) is 2.05. The van der Waals surface area contributed by atoms with Crippen LogP contribution in [0, 0.1) is 5.82 Å². The Hall–Kier alpha value is -1.08. The van der Waals surface area contributed by atoms with Crippen molar-refractivity contribution in [3.8, 4) is 0 Å². The highest BCUT2D eigenvalue weighted by molar-refractivity contribution is 9.10. The predicted octanol–water partition coefficient (Wildman–Crippen LogP) is 4.37. The van der Waals surface area contributed by atoms with Crippen LogP contribution >= 0.6 is 27.7 Å². The molecular weight excluding hydrogens is 373 g/mol. The Morgan fingerprint density at radius 3 is 2.55 bits per heavy atom. The van der Waals surface area contributed by atoms with E-state index in [1.807, 2.05) is 0 Å². The van der Waals surface area contributed by atoms with Crippen LogP contribution in [0.1, 0.15) is 34.1 Å². The Morgan fingerprint density at radius 2 is 2.00 bits per heavy atom. The number of halogens is 2. The van der Waals surface area contributed by atoms with Crippen LogP contribution in [0.3, 0.4) is 0 Å². The molecule has 0 radical (unpaired) electrons. The van der Waals surface area contributed by atoms with Gasteiger partial charge in [0.05, 0.1) is 11.8 Å². The van der Waals surface area contributed by atoms with Crippen LogP contribution in [0.4, 0.5) is 10.1 Å². The second kappa shape index (κ2) is 8.53. The van der Waals surface area contributed by atoms with Gasteiger partial charge in [0.2, 0.25) is 5.91 Å². The lowest BCUT2D eigenvalue weighted by molar-refractivity contribution is -0.146. The van der Waals surface area contributed by atoms with Gasteiger partial charge in [0, 0.05) is 15.8 Å². The molecule has 0 aliphatic rings. The standard InChI is InChI=1S/C15H19BrFNO3S/c1-5-14(19)18-12-7-13(10(16)6-11(12)17)22-9(4)15(20)21-8(2)3/h6-9H,5H2,1-4H3,(H,18,19). The minimum Gasteiger partial charge on any atom is -0.462 e. The van der Waals surface area contributed by atoms with E-state index in [0.717, 1.165) is 0 Å². The molecule has 1 aromatic rings. The Bertz CT molecular complexity index is 566. The molecule has 22 heavy (non-hydrogen) atoms. The van der Waals surface area contributed by atoms with E-state index in [-0.39, 0.29) is 30.1 Å². The number of ether oxygens (including phenoxy) is 1. The summed E-state index contributed by atoms with van der Waals surface area (Å²) in [6, 6.07) is 2.78. The third kappa shape index (κ3) is 5.61. The number of amides is 1. The lowest BCUT2D eigenvalue weighted by Gasteiger charge is -2.15. The highest BCUT2D eigenvalue weighted by atomic mass is 79.9. The average molecular weight is 392 g/mol. The van der Waals surface area contributed by atoms with Crippen LogP contribution < -0.4 is 5.32 Å². The number of benzene rings is 1. The maximum Gasteiger partial charge on any atom is 0.319 e. The Balaban J connectivity index is 2.92. The van der Waals surface area contributed by atoms with Crippen molar-refractivity contribution in [3.05, 3.63) is 22.4 Å². The van der Waals surface area contributed by atoms with Gasteiger partial charge in [-0.3, -0.25) is 9.59 Å². The molecule has 1 rings (SSSR count). The first-order chi connectivity index (χ1) is 10.2. The first kappa shape index (κ1) is 19.0. The van der Waals surface area contributed by atoms with Gasteiger partial charge >= 0.3 is 5.97 Å². The molecule has 0 fully saturated rings. The number of thioether (sulfide) groups is 1. The van der Waals surface area contributed by atoms with E-state index in [0.29, 0.717) is 9.37 Å². The molecule has 1 unspecified atom stereocenters. The molecule has 122 valence electrons. The lowest BCUT2D eigenvalue weighted by Crippen LogP contribution is -2.20. The molecule has 0 heterocycles. The zero-order valence-electron chi connectivity index (χ0n) is 12.9. The number of rotatable bonds is 6. The maximum absolute atomic E-state index is 13.8. The fraction of sp³-hybridized carbons (Fsp3) is 0.467. The van der Waals surface area contributed by atoms with E-state index in [1.165, 1.54) is 23.9 Å². The van der Waals surface area contributed by atoms with Crippen LogP contribution in [-0.4, -0.2) is 23.2 Å². The van der Waals surface area contributed by atoms with Crippen molar-refractivity contribution in [2.24, 2.45) is 0 Å². The highest BCUT2D eigenvalue weighted by Gasteiger charge is 2.20. The number of hydrogen-bond donors (Lipinski definition) is 1. The van der Waals surface area contributed by atoms with Gasteiger partial charge in [-0.05, 0) is 48.8 Å². The summed E-state index contributed by atoms with van der Waals surface area (Å²) >= 11 is 4.51. The number of esters is 1. The van der Waals surface area contributed by atoms with Crippen LogP contribution in [0.25, 0.3) is 0 Å². The van der Waals surface area contributed by atoms with Crippen molar-refractivity contribution in [1.29, 1.82) is 0 Å². The summed E-state index contributed by atoms with van der Waals surface area (Å²) in [5.74, 6) is -1.14. The third-order valence-corrected chi connectivity index (χ3v) is 4.66. The lowest BCUT2D eigenvalue weighted by atomic mass is 10.3. The Morgan fingerprint density at radius 1 is 1.36 bits per heavy atom. The molecule has 0 bridgehead atoms. The first-order valence-electron chi connectivity index (χ1n) is 6.90.